The maximum Gasteiger partial charge on any atom is 0.251 e. The first kappa shape index (κ1) is 18.7. The monoisotopic (exact) mass is 328 g/mol. The van der Waals surface area contributed by atoms with Gasteiger partial charge in [-0.3, -0.25) is 4.79 Å². The molecule has 0 aliphatic heterocycles. The van der Waals surface area contributed by atoms with Crippen molar-refractivity contribution < 1.29 is 14.3 Å². The Bertz CT molecular complexity index is 470. The molecule has 0 saturated heterocycles. The van der Waals surface area contributed by atoms with Crippen LogP contribution in [0.4, 0.5) is 0 Å². The first-order valence-corrected chi connectivity index (χ1v) is 7.47. The second-order valence-electron chi connectivity index (χ2n) is 5.38. The quantitative estimate of drug-likeness (QED) is 0.751. The molecule has 0 bridgehead atoms. The number of rotatable bonds is 7. The van der Waals surface area contributed by atoms with Crippen molar-refractivity contribution in [3.63, 3.8) is 0 Å². The van der Waals surface area contributed by atoms with Gasteiger partial charge in [0.2, 0.25) is 0 Å². The van der Waals surface area contributed by atoms with Crippen molar-refractivity contribution in [2.45, 2.75) is 25.3 Å². The number of hydrogen-bond donors (Lipinski definition) is 2. The highest BCUT2D eigenvalue weighted by Crippen LogP contribution is 2.25. The molecule has 1 aliphatic rings. The summed E-state index contributed by atoms with van der Waals surface area (Å²) in [7, 11) is 1.63. The molecule has 0 heterocycles. The predicted octanol–water partition coefficient (Wildman–Crippen LogP) is 1.99. The van der Waals surface area contributed by atoms with Gasteiger partial charge in [0.1, 0.15) is 12.4 Å². The Morgan fingerprint density at radius 3 is 2.91 bits per heavy atom. The molecule has 3 N–H and O–H groups in total. The first-order chi connectivity index (χ1) is 10.2. The third kappa shape index (κ3) is 5.16. The van der Waals surface area contributed by atoms with Crippen LogP contribution in [0.5, 0.6) is 5.75 Å². The highest BCUT2D eigenvalue weighted by molar-refractivity contribution is 5.94. The van der Waals surface area contributed by atoms with Crippen molar-refractivity contribution in [2.75, 3.05) is 26.9 Å². The molecule has 0 spiro atoms. The van der Waals surface area contributed by atoms with Crippen molar-refractivity contribution in [3.8, 4) is 5.75 Å². The number of benzene rings is 1. The molecule has 2 unspecified atom stereocenters. The van der Waals surface area contributed by atoms with E-state index in [1.807, 2.05) is 12.1 Å². The van der Waals surface area contributed by atoms with E-state index in [4.69, 9.17) is 15.2 Å². The number of nitrogens with two attached hydrogens (primary N) is 1. The van der Waals surface area contributed by atoms with Gasteiger partial charge in [0.15, 0.2) is 0 Å². The van der Waals surface area contributed by atoms with Crippen LogP contribution < -0.4 is 15.8 Å². The smallest absolute Gasteiger partial charge is 0.251 e. The summed E-state index contributed by atoms with van der Waals surface area (Å²) in [6.45, 7) is 1.63. The lowest BCUT2D eigenvalue weighted by molar-refractivity contribution is 0.0928. The third-order valence-corrected chi connectivity index (χ3v) is 3.93. The van der Waals surface area contributed by atoms with Crippen LogP contribution in [-0.2, 0) is 4.74 Å². The van der Waals surface area contributed by atoms with Gasteiger partial charge >= 0.3 is 0 Å². The average molecular weight is 329 g/mol. The zero-order valence-corrected chi connectivity index (χ0v) is 13.7. The number of nitrogens with one attached hydrogen (secondary N) is 1. The Morgan fingerprint density at radius 2 is 2.18 bits per heavy atom. The minimum absolute atomic E-state index is 0. The minimum atomic E-state index is -0.0578. The van der Waals surface area contributed by atoms with E-state index in [1.165, 1.54) is 0 Å². The van der Waals surface area contributed by atoms with Crippen molar-refractivity contribution in [1.82, 2.24) is 5.32 Å². The van der Waals surface area contributed by atoms with Gasteiger partial charge in [-0.25, -0.2) is 0 Å². The molecule has 0 aromatic heterocycles. The molecule has 6 heteroatoms. The molecule has 5 nitrogen and oxygen atoms in total. The van der Waals surface area contributed by atoms with Gasteiger partial charge in [0.25, 0.3) is 5.91 Å². The molecular formula is C16H25ClN2O3. The Kier molecular flexibility index (Phi) is 8.24. The van der Waals surface area contributed by atoms with Crippen molar-refractivity contribution in [2.24, 2.45) is 11.7 Å². The van der Waals surface area contributed by atoms with Crippen molar-refractivity contribution in [1.29, 1.82) is 0 Å². The zero-order valence-electron chi connectivity index (χ0n) is 12.9. The standard InChI is InChI=1S/C16H24N2O3.ClH/c1-20-8-9-21-14-6-2-4-12(10-14)16(19)18-15-7-3-5-13(15)11-17;/h2,4,6,10,13,15H,3,5,7-9,11,17H2,1H3,(H,18,19);1H. The SMILES string of the molecule is COCCOc1cccc(C(=O)NC2CCCC2CN)c1.Cl. The summed E-state index contributed by atoms with van der Waals surface area (Å²) in [4.78, 5) is 12.3. The van der Waals surface area contributed by atoms with E-state index in [9.17, 15) is 4.79 Å². The Labute approximate surface area is 138 Å². The second kappa shape index (κ2) is 9.66. The topological polar surface area (TPSA) is 73.6 Å². The van der Waals surface area contributed by atoms with E-state index in [-0.39, 0.29) is 24.4 Å². The molecule has 2 rings (SSSR count). The second-order valence-corrected chi connectivity index (χ2v) is 5.38. The van der Waals surface area contributed by atoms with E-state index < -0.39 is 0 Å². The number of halogens is 1. The molecule has 124 valence electrons. The molecule has 22 heavy (non-hydrogen) atoms. The van der Waals surface area contributed by atoms with Crippen LogP contribution in [0.25, 0.3) is 0 Å². The average Bonchev–Trinajstić information content (AvgIpc) is 2.95. The van der Waals surface area contributed by atoms with Crippen molar-refractivity contribution >= 4 is 18.3 Å². The van der Waals surface area contributed by atoms with Crippen LogP contribution in [0.3, 0.4) is 0 Å². The van der Waals surface area contributed by atoms with Gasteiger partial charge in [0, 0.05) is 18.7 Å². The third-order valence-electron chi connectivity index (χ3n) is 3.93. The number of carbonyl (C=O) groups is 1. The zero-order chi connectivity index (χ0) is 15.1. The summed E-state index contributed by atoms with van der Waals surface area (Å²) in [5, 5.41) is 3.09. The molecule has 0 radical (unpaired) electrons. The number of methoxy groups -OCH3 is 1. The molecule has 1 aliphatic carbocycles. The van der Waals surface area contributed by atoms with Crippen molar-refractivity contribution in [3.05, 3.63) is 29.8 Å². The lowest BCUT2D eigenvalue weighted by Crippen LogP contribution is -2.39. The van der Waals surface area contributed by atoms with E-state index >= 15 is 0 Å². The molecule has 2 atom stereocenters. The summed E-state index contributed by atoms with van der Waals surface area (Å²) in [5.74, 6) is 1.02. The normalized spacial score (nSPS) is 20.3. The maximum absolute atomic E-state index is 12.3. The Balaban J connectivity index is 0.00000242. The number of hydrogen-bond acceptors (Lipinski definition) is 4. The highest BCUT2D eigenvalue weighted by atomic mass is 35.5. The van der Waals surface area contributed by atoms with Crippen LogP contribution >= 0.6 is 12.4 Å². The van der Waals surface area contributed by atoms with Crippen LogP contribution in [0.2, 0.25) is 0 Å². The van der Waals surface area contributed by atoms with E-state index in [1.54, 1.807) is 19.2 Å². The fourth-order valence-electron chi connectivity index (χ4n) is 2.73. The lowest BCUT2D eigenvalue weighted by atomic mass is 10.0. The number of amides is 1. The van der Waals surface area contributed by atoms with E-state index in [0.717, 1.165) is 19.3 Å². The van der Waals surface area contributed by atoms with Gasteiger partial charge in [-0.05, 0) is 43.5 Å². The number of ether oxygens (including phenoxy) is 2. The summed E-state index contributed by atoms with van der Waals surface area (Å²) in [6.07, 6.45) is 3.24. The fourth-order valence-corrected chi connectivity index (χ4v) is 2.73. The molecule has 1 fully saturated rings. The summed E-state index contributed by atoms with van der Waals surface area (Å²) < 4.78 is 10.5. The summed E-state index contributed by atoms with van der Waals surface area (Å²) >= 11 is 0. The van der Waals surface area contributed by atoms with Gasteiger partial charge in [-0.15, -0.1) is 12.4 Å². The number of carbonyl (C=O) groups excluding carboxylic acids is 1. The minimum Gasteiger partial charge on any atom is -0.491 e. The largest absolute Gasteiger partial charge is 0.491 e. The Morgan fingerprint density at radius 1 is 1.36 bits per heavy atom. The van der Waals surface area contributed by atoms with Crippen LogP contribution in [0, 0.1) is 5.92 Å². The first-order valence-electron chi connectivity index (χ1n) is 7.47. The van der Waals surface area contributed by atoms with E-state index in [0.29, 0.717) is 37.0 Å². The van der Waals surface area contributed by atoms with Gasteiger partial charge in [-0.2, -0.15) is 0 Å². The molecule has 1 aromatic rings. The van der Waals surface area contributed by atoms with Crippen LogP contribution in [0.1, 0.15) is 29.6 Å². The van der Waals surface area contributed by atoms with Gasteiger partial charge < -0.3 is 20.5 Å². The molecule has 1 aromatic carbocycles. The Hall–Kier alpha value is -1.30. The molecule has 1 amide bonds. The van der Waals surface area contributed by atoms with Gasteiger partial charge in [0.05, 0.1) is 6.61 Å². The molecular weight excluding hydrogens is 304 g/mol. The predicted molar refractivity (Wildman–Crippen MR) is 88.7 cm³/mol. The fraction of sp³-hybridized carbons (Fsp3) is 0.562. The van der Waals surface area contributed by atoms with Gasteiger partial charge in [-0.1, -0.05) is 12.5 Å². The lowest BCUT2D eigenvalue weighted by Gasteiger charge is -2.19. The van der Waals surface area contributed by atoms with Crippen LogP contribution in [0.15, 0.2) is 24.3 Å². The summed E-state index contributed by atoms with van der Waals surface area (Å²) in [5.41, 5.74) is 6.37. The highest BCUT2D eigenvalue weighted by Gasteiger charge is 2.27. The maximum atomic E-state index is 12.3. The van der Waals surface area contributed by atoms with Crippen LogP contribution in [-0.4, -0.2) is 38.8 Å². The summed E-state index contributed by atoms with van der Waals surface area (Å²) in [6, 6.07) is 7.42. The molecule has 1 saturated carbocycles. The van der Waals surface area contributed by atoms with E-state index in [2.05, 4.69) is 5.32 Å².